The van der Waals surface area contributed by atoms with Crippen molar-refractivity contribution in [3.63, 3.8) is 0 Å². The van der Waals surface area contributed by atoms with Gasteiger partial charge in [0.25, 0.3) is 0 Å². The van der Waals surface area contributed by atoms with Crippen molar-refractivity contribution in [1.82, 2.24) is 15.5 Å². The third-order valence-electron chi connectivity index (χ3n) is 6.16. The van der Waals surface area contributed by atoms with E-state index in [1.54, 1.807) is 0 Å². The number of rotatable bonds is 8. The smallest absolute Gasteiger partial charge is 0.191 e. The van der Waals surface area contributed by atoms with Gasteiger partial charge in [0, 0.05) is 32.7 Å². The van der Waals surface area contributed by atoms with E-state index in [0.29, 0.717) is 5.41 Å². The Kier molecular flexibility index (Phi) is 10.0. The van der Waals surface area contributed by atoms with E-state index < -0.39 is 0 Å². The van der Waals surface area contributed by atoms with Crippen molar-refractivity contribution in [2.45, 2.75) is 52.6 Å². The van der Waals surface area contributed by atoms with Crippen molar-refractivity contribution < 1.29 is 4.74 Å². The molecule has 5 nitrogen and oxygen atoms in total. The highest BCUT2D eigenvalue weighted by Crippen LogP contribution is 2.42. The first-order valence-corrected chi connectivity index (χ1v) is 10.6. The summed E-state index contributed by atoms with van der Waals surface area (Å²) < 4.78 is 5.47. The fourth-order valence-electron chi connectivity index (χ4n) is 3.98. The molecule has 0 atom stereocenters. The van der Waals surface area contributed by atoms with Crippen LogP contribution in [0, 0.1) is 5.41 Å². The summed E-state index contributed by atoms with van der Waals surface area (Å²) in [4.78, 5) is 7.35. The van der Waals surface area contributed by atoms with E-state index in [1.165, 1.54) is 36.8 Å². The number of benzene rings is 1. The van der Waals surface area contributed by atoms with Gasteiger partial charge in [-0.05, 0) is 42.7 Å². The van der Waals surface area contributed by atoms with E-state index in [2.05, 4.69) is 53.6 Å². The quantitative estimate of drug-likeness (QED) is 0.324. The van der Waals surface area contributed by atoms with Gasteiger partial charge >= 0.3 is 0 Å². The highest BCUT2D eigenvalue weighted by atomic mass is 127. The lowest BCUT2D eigenvalue weighted by molar-refractivity contribution is 0.0341. The monoisotopic (exact) mass is 500 g/mol. The summed E-state index contributed by atoms with van der Waals surface area (Å²) in [6, 6.07) is 8.70. The lowest BCUT2D eigenvalue weighted by Gasteiger charge is -2.41. The molecule has 3 rings (SSSR count). The fraction of sp³-hybridized carbons (Fsp3) is 0.682. The topological polar surface area (TPSA) is 48.9 Å². The Hall–Kier alpha value is -0.860. The van der Waals surface area contributed by atoms with Crippen molar-refractivity contribution in [1.29, 1.82) is 0 Å². The minimum absolute atomic E-state index is 0. The maximum absolute atomic E-state index is 5.47. The molecule has 1 aliphatic carbocycles. The van der Waals surface area contributed by atoms with E-state index in [4.69, 9.17) is 9.73 Å². The summed E-state index contributed by atoms with van der Waals surface area (Å²) in [7, 11) is 0. The van der Waals surface area contributed by atoms with Crippen molar-refractivity contribution >= 4 is 29.9 Å². The van der Waals surface area contributed by atoms with Crippen LogP contribution in [0.1, 0.15) is 50.7 Å². The van der Waals surface area contributed by atoms with Gasteiger partial charge in [-0.3, -0.25) is 4.90 Å². The largest absolute Gasteiger partial charge is 0.379 e. The van der Waals surface area contributed by atoms with E-state index in [1.807, 2.05) is 0 Å². The number of guanidine groups is 1. The minimum atomic E-state index is 0. The van der Waals surface area contributed by atoms with Gasteiger partial charge in [0.15, 0.2) is 5.96 Å². The molecule has 1 aromatic carbocycles. The lowest BCUT2D eigenvalue weighted by atomic mass is 9.67. The third kappa shape index (κ3) is 6.59. The summed E-state index contributed by atoms with van der Waals surface area (Å²) in [6.07, 6.45) is 5.32. The lowest BCUT2D eigenvalue weighted by Crippen LogP contribution is -2.46. The van der Waals surface area contributed by atoms with Crippen LogP contribution in [0.2, 0.25) is 0 Å². The zero-order valence-electron chi connectivity index (χ0n) is 17.5. The third-order valence-corrected chi connectivity index (χ3v) is 6.16. The molecule has 1 aliphatic heterocycles. The molecule has 2 fully saturated rings. The van der Waals surface area contributed by atoms with Gasteiger partial charge in [-0.2, -0.15) is 0 Å². The Bertz CT molecular complexity index is 607. The fourth-order valence-corrected chi connectivity index (χ4v) is 3.98. The van der Waals surface area contributed by atoms with Crippen LogP contribution in [-0.4, -0.2) is 50.3 Å². The molecule has 0 bridgehead atoms. The maximum Gasteiger partial charge on any atom is 0.191 e. The van der Waals surface area contributed by atoms with Crippen LogP contribution in [0.4, 0.5) is 0 Å². The second-order valence-electron chi connectivity index (χ2n) is 7.91. The van der Waals surface area contributed by atoms with Crippen LogP contribution in [-0.2, 0) is 17.8 Å². The first kappa shape index (κ1) is 23.4. The Morgan fingerprint density at radius 2 is 1.82 bits per heavy atom. The summed E-state index contributed by atoms with van der Waals surface area (Å²) >= 11 is 0. The molecule has 0 aromatic heterocycles. The minimum Gasteiger partial charge on any atom is -0.379 e. The first-order chi connectivity index (χ1) is 13.2. The maximum atomic E-state index is 5.47. The number of ether oxygens (including phenoxy) is 1. The molecule has 1 aromatic rings. The van der Waals surface area contributed by atoms with Crippen molar-refractivity contribution in [2.75, 3.05) is 39.4 Å². The number of nitrogens with zero attached hydrogens (tertiary/aromatic N) is 2. The van der Waals surface area contributed by atoms with Crippen molar-refractivity contribution in [3.8, 4) is 0 Å². The Balaban J connectivity index is 0.00000280. The van der Waals surface area contributed by atoms with Gasteiger partial charge in [0.1, 0.15) is 0 Å². The number of halogens is 1. The normalized spacial score (nSPS) is 19.4. The summed E-state index contributed by atoms with van der Waals surface area (Å²) in [5.74, 6) is 0.943. The van der Waals surface area contributed by atoms with Crippen molar-refractivity contribution in [2.24, 2.45) is 10.4 Å². The molecule has 0 amide bonds. The zero-order valence-corrected chi connectivity index (χ0v) is 19.8. The van der Waals surface area contributed by atoms with E-state index in [-0.39, 0.29) is 24.0 Å². The Morgan fingerprint density at radius 1 is 1.11 bits per heavy atom. The van der Waals surface area contributed by atoms with Gasteiger partial charge in [-0.1, -0.05) is 37.6 Å². The number of aliphatic imine (C=N–C) groups is 1. The first-order valence-electron chi connectivity index (χ1n) is 10.6. The number of morpholine rings is 1. The summed E-state index contributed by atoms with van der Waals surface area (Å²) in [6.45, 7) is 11.8. The molecular weight excluding hydrogens is 463 g/mol. The Labute approximate surface area is 187 Å². The van der Waals surface area contributed by atoms with Crippen LogP contribution in [0.25, 0.3) is 0 Å². The number of nitrogens with one attached hydrogen (secondary N) is 2. The summed E-state index contributed by atoms with van der Waals surface area (Å²) in [5, 5.41) is 7.01. The molecule has 158 valence electrons. The van der Waals surface area contributed by atoms with Crippen molar-refractivity contribution in [3.05, 3.63) is 35.4 Å². The standard InChI is InChI=1S/C22H36N4O.HI/c1-3-22(10-7-11-22)18-25-21(23-4-2)24-16-19-8-5-6-9-20(19)17-26-12-14-27-15-13-26;/h5-6,8-9H,3-4,7,10-18H2,1-2H3,(H2,23,24,25);1H. The number of hydrogen-bond donors (Lipinski definition) is 2. The van der Waals surface area contributed by atoms with Crippen LogP contribution < -0.4 is 10.6 Å². The van der Waals surface area contributed by atoms with Crippen LogP contribution in [0.15, 0.2) is 29.3 Å². The molecule has 28 heavy (non-hydrogen) atoms. The highest BCUT2D eigenvalue weighted by molar-refractivity contribution is 14.0. The van der Waals surface area contributed by atoms with Crippen LogP contribution in [0.5, 0.6) is 0 Å². The molecule has 0 radical (unpaired) electrons. The second-order valence-corrected chi connectivity index (χ2v) is 7.91. The van der Waals surface area contributed by atoms with E-state index >= 15 is 0 Å². The van der Waals surface area contributed by atoms with Gasteiger partial charge in [-0.15, -0.1) is 24.0 Å². The molecule has 1 saturated carbocycles. The molecule has 1 heterocycles. The number of hydrogen-bond acceptors (Lipinski definition) is 3. The second kappa shape index (κ2) is 12.0. The molecule has 0 spiro atoms. The average molecular weight is 500 g/mol. The van der Waals surface area contributed by atoms with Crippen LogP contribution >= 0.6 is 24.0 Å². The molecule has 6 heteroatoms. The predicted molar refractivity (Wildman–Crippen MR) is 127 cm³/mol. The molecule has 2 N–H and O–H groups in total. The predicted octanol–water partition coefficient (Wildman–Crippen LogP) is 3.77. The van der Waals surface area contributed by atoms with Gasteiger partial charge in [0.05, 0.1) is 19.8 Å². The SMILES string of the molecule is CCNC(=NCc1ccccc1CN1CCOCC1)NCC1(CC)CCC1.I. The van der Waals surface area contributed by atoms with Gasteiger partial charge in [0.2, 0.25) is 0 Å². The zero-order chi connectivity index (χ0) is 19.0. The molecular formula is C22H37IN4O. The van der Waals surface area contributed by atoms with E-state index in [9.17, 15) is 0 Å². The van der Waals surface area contributed by atoms with Gasteiger partial charge < -0.3 is 15.4 Å². The summed E-state index contributed by atoms with van der Waals surface area (Å²) in [5.41, 5.74) is 3.18. The molecule has 1 saturated heterocycles. The van der Waals surface area contributed by atoms with Crippen LogP contribution in [0.3, 0.4) is 0 Å². The van der Waals surface area contributed by atoms with E-state index in [0.717, 1.165) is 58.4 Å². The average Bonchev–Trinajstić information content (AvgIpc) is 2.67. The molecule has 0 unspecified atom stereocenters. The Morgan fingerprint density at radius 3 is 2.43 bits per heavy atom. The van der Waals surface area contributed by atoms with Gasteiger partial charge in [-0.25, -0.2) is 4.99 Å². The molecule has 2 aliphatic rings. The highest BCUT2D eigenvalue weighted by Gasteiger charge is 2.34.